The van der Waals surface area contributed by atoms with E-state index in [2.05, 4.69) is 34.8 Å². The van der Waals surface area contributed by atoms with Crippen molar-refractivity contribution in [1.82, 2.24) is 20.1 Å². The molecular formula is C16H27N5O. The number of aromatic nitrogens is 1. The molecule has 1 aromatic rings. The van der Waals surface area contributed by atoms with Crippen LogP contribution in [0.5, 0.6) is 0 Å². The minimum atomic E-state index is 0.296. The maximum absolute atomic E-state index is 11.5. The van der Waals surface area contributed by atoms with Crippen LogP contribution >= 0.6 is 0 Å². The number of hydrogen-bond donors (Lipinski definition) is 2. The van der Waals surface area contributed by atoms with Gasteiger partial charge in [-0.05, 0) is 31.4 Å². The summed E-state index contributed by atoms with van der Waals surface area (Å²) in [5.74, 6) is 1.13. The molecule has 6 heteroatoms. The summed E-state index contributed by atoms with van der Waals surface area (Å²) in [5, 5.41) is 6.58. The highest BCUT2D eigenvalue weighted by Gasteiger charge is 2.18. The zero-order valence-corrected chi connectivity index (χ0v) is 13.6. The fourth-order valence-electron chi connectivity index (χ4n) is 2.58. The molecule has 1 aliphatic rings. The Bertz CT molecular complexity index is 508. The molecule has 22 heavy (non-hydrogen) atoms. The molecule has 1 saturated heterocycles. The van der Waals surface area contributed by atoms with E-state index in [1.807, 2.05) is 22.7 Å². The summed E-state index contributed by atoms with van der Waals surface area (Å²) in [6.45, 7) is 6.14. The molecule has 1 amide bonds. The highest BCUT2D eigenvalue weighted by molar-refractivity contribution is 5.79. The van der Waals surface area contributed by atoms with E-state index >= 15 is 0 Å². The van der Waals surface area contributed by atoms with Crippen LogP contribution in [-0.4, -0.2) is 47.5 Å². The van der Waals surface area contributed by atoms with Gasteiger partial charge in [-0.15, -0.1) is 0 Å². The molecule has 0 atom stereocenters. The Labute approximate surface area is 132 Å². The average molecular weight is 305 g/mol. The van der Waals surface area contributed by atoms with Gasteiger partial charge in [0.25, 0.3) is 0 Å². The highest BCUT2D eigenvalue weighted by Crippen LogP contribution is 2.09. The lowest BCUT2D eigenvalue weighted by Crippen LogP contribution is -2.39. The zero-order chi connectivity index (χ0) is 15.8. The maximum Gasteiger partial charge on any atom is 0.222 e. The van der Waals surface area contributed by atoms with Crippen LogP contribution in [0.25, 0.3) is 0 Å². The molecule has 1 fully saturated rings. The number of nitrogens with zero attached hydrogens (tertiary/aromatic N) is 3. The molecule has 6 nitrogen and oxygen atoms in total. The molecule has 2 rings (SSSR count). The number of amides is 1. The van der Waals surface area contributed by atoms with Crippen molar-refractivity contribution in [2.75, 3.05) is 26.2 Å². The van der Waals surface area contributed by atoms with Crippen molar-refractivity contribution >= 4 is 11.9 Å². The van der Waals surface area contributed by atoms with Crippen LogP contribution in [0.2, 0.25) is 0 Å². The summed E-state index contributed by atoms with van der Waals surface area (Å²) in [5.41, 5.74) is 1.20. The van der Waals surface area contributed by atoms with E-state index in [1.54, 1.807) is 0 Å². The minimum Gasteiger partial charge on any atom is -0.357 e. The van der Waals surface area contributed by atoms with Gasteiger partial charge in [0, 0.05) is 52.0 Å². The first-order chi connectivity index (χ1) is 10.7. The van der Waals surface area contributed by atoms with E-state index in [4.69, 9.17) is 0 Å². The quantitative estimate of drug-likeness (QED) is 0.450. The third-order valence-corrected chi connectivity index (χ3v) is 3.73. The molecule has 1 aliphatic heterocycles. The Morgan fingerprint density at radius 3 is 2.91 bits per heavy atom. The van der Waals surface area contributed by atoms with Gasteiger partial charge < -0.3 is 20.1 Å². The van der Waals surface area contributed by atoms with Crippen LogP contribution in [0, 0.1) is 0 Å². The van der Waals surface area contributed by atoms with Gasteiger partial charge in [0.15, 0.2) is 5.96 Å². The zero-order valence-electron chi connectivity index (χ0n) is 13.6. The van der Waals surface area contributed by atoms with Crippen LogP contribution < -0.4 is 10.6 Å². The van der Waals surface area contributed by atoms with Crippen molar-refractivity contribution in [3.8, 4) is 0 Å². The van der Waals surface area contributed by atoms with E-state index in [0.29, 0.717) is 18.9 Å². The summed E-state index contributed by atoms with van der Waals surface area (Å²) in [6.07, 6.45) is 6.77. The second-order valence-corrected chi connectivity index (χ2v) is 5.65. The first-order valence-corrected chi connectivity index (χ1v) is 8.10. The molecule has 0 aromatic carbocycles. The largest absolute Gasteiger partial charge is 0.357 e. The monoisotopic (exact) mass is 305 g/mol. The molecule has 0 aliphatic carbocycles. The first-order valence-electron chi connectivity index (χ1n) is 8.10. The smallest absolute Gasteiger partial charge is 0.222 e. The predicted molar refractivity (Wildman–Crippen MR) is 88.7 cm³/mol. The van der Waals surface area contributed by atoms with E-state index in [9.17, 15) is 4.79 Å². The molecule has 0 radical (unpaired) electrons. The lowest BCUT2D eigenvalue weighted by Gasteiger charge is -2.16. The van der Waals surface area contributed by atoms with Gasteiger partial charge >= 0.3 is 0 Å². The lowest BCUT2D eigenvalue weighted by atomic mass is 10.3. The van der Waals surface area contributed by atoms with E-state index in [1.165, 1.54) is 5.56 Å². The fraction of sp³-hybridized carbons (Fsp3) is 0.625. The SMILES string of the molecule is CCNC(=NCc1ccn(C)c1)NCCCN1CCCC1=O. The van der Waals surface area contributed by atoms with E-state index < -0.39 is 0 Å². The average Bonchev–Trinajstić information content (AvgIpc) is 3.09. The summed E-state index contributed by atoms with van der Waals surface area (Å²) in [7, 11) is 2.01. The number of nitrogens with one attached hydrogen (secondary N) is 2. The summed E-state index contributed by atoms with van der Waals surface area (Å²) < 4.78 is 2.03. The number of hydrogen-bond acceptors (Lipinski definition) is 2. The van der Waals surface area contributed by atoms with Crippen LogP contribution in [0.1, 0.15) is 31.7 Å². The van der Waals surface area contributed by atoms with Crippen molar-refractivity contribution in [2.24, 2.45) is 12.0 Å². The predicted octanol–water partition coefficient (Wildman–Crippen LogP) is 1.09. The Morgan fingerprint density at radius 2 is 2.27 bits per heavy atom. The highest BCUT2D eigenvalue weighted by atomic mass is 16.2. The normalized spacial score (nSPS) is 15.5. The Morgan fingerprint density at radius 1 is 1.41 bits per heavy atom. The van der Waals surface area contributed by atoms with E-state index in [-0.39, 0.29) is 0 Å². The van der Waals surface area contributed by atoms with Gasteiger partial charge in [0.2, 0.25) is 5.91 Å². The standard InChI is InChI=1S/C16H27N5O/c1-3-17-16(19-12-14-7-11-20(2)13-14)18-8-5-10-21-9-4-6-15(21)22/h7,11,13H,3-6,8-10,12H2,1-2H3,(H2,17,18,19). The van der Waals surface area contributed by atoms with Crippen molar-refractivity contribution in [3.63, 3.8) is 0 Å². The molecular weight excluding hydrogens is 278 g/mol. The number of aliphatic imine (C=N–C) groups is 1. The number of guanidine groups is 1. The van der Waals surface area contributed by atoms with Gasteiger partial charge in [-0.3, -0.25) is 4.79 Å². The molecule has 122 valence electrons. The van der Waals surface area contributed by atoms with Gasteiger partial charge in [0.1, 0.15) is 0 Å². The molecule has 2 N–H and O–H groups in total. The fourth-order valence-corrected chi connectivity index (χ4v) is 2.58. The summed E-state index contributed by atoms with van der Waals surface area (Å²) >= 11 is 0. The molecule has 0 spiro atoms. The number of likely N-dealkylation sites (tertiary alicyclic amines) is 1. The number of aryl methyl sites for hydroxylation is 1. The Hall–Kier alpha value is -1.98. The summed E-state index contributed by atoms with van der Waals surface area (Å²) in [4.78, 5) is 18.1. The Kier molecular flexibility index (Phi) is 6.30. The van der Waals surface area contributed by atoms with Crippen molar-refractivity contribution in [3.05, 3.63) is 24.0 Å². The Balaban J connectivity index is 1.72. The number of rotatable bonds is 7. The van der Waals surface area contributed by atoms with Crippen LogP contribution in [-0.2, 0) is 18.4 Å². The third-order valence-electron chi connectivity index (χ3n) is 3.73. The van der Waals surface area contributed by atoms with Gasteiger partial charge in [-0.2, -0.15) is 0 Å². The second kappa shape index (κ2) is 8.46. The lowest BCUT2D eigenvalue weighted by molar-refractivity contribution is -0.127. The molecule has 1 aromatic heterocycles. The number of carbonyl (C=O) groups is 1. The molecule has 0 bridgehead atoms. The van der Waals surface area contributed by atoms with Crippen LogP contribution in [0.3, 0.4) is 0 Å². The number of carbonyl (C=O) groups excluding carboxylic acids is 1. The van der Waals surface area contributed by atoms with Crippen LogP contribution in [0.4, 0.5) is 0 Å². The van der Waals surface area contributed by atoms with Crippen LogP contribution in [0.15, 0.2) is 23.5 Å². The molecule has 0 unspecified atom stereocenters. The first kappa shape index (κ1) is 16.4. The van der Waals surface area contributed by atoms with Gasteiger partial charge in [0.05, 0.1) is 6.54 Å². The van der Waals surface area contributed by atoms with Gasteiger partial charge in [-0.25, -0.2) is 4.99 Å². The van der Waals surface area contributed by atoms with Crippen molar-refractivity contribution < 1.29 is 4.79 Å². The van der Waals surface area contributed by atoms with Crippen molar-refractivity contribution in [1.29, 1.82) is 0 Å². The third kappa shape index (κ3) is 5.09. The summed E-state index contributed by atoms with van der Waals surface area (Å²) in [6, 6.07) is 2.08. The molecule has 2 heterocycles. The second-order valence-electron chi connectivity index (χ2n) is 5.65. The topological polar surface area (TPSA) is 61.7 Å². The maximum atomic E-state index is 11.5. The minimum absolute atomic E-state index is 0.296. The van der Waals surface area contributed by atoms with Crippen molar-refractivity contribution in [2.45, 2.75) is 32.7 Å². The van der Waals surface area contributed by atoms with E-state index in [0.717, 1.165) is 45.0 Å². The van der Waals surface area contributed by atoms with Gasteiger partial charge in [-0.1, -0.05) is 0 Å². The molecule has 0 saturated carbocycles.